The molecule has 11 heteroatoms. The van der Waals surface area contributed by atoms with Crippen molar-refractivity contribution in [1.29, 1.82) is 0 Å². The Kier molecular flexibility index (Phi) is 7.77. The quantitative estimate of drug-likeness (QED) is 0.623. The number of piperazine rings is 1. The van der Waals surface area contributed by atoms with Gasteiger partial charge in [0.1, 0.15) is 17.1 Å². The minimum atomic E-state index is -0.314. The third kappa shape index (κ3) is 5.61. The van der Waals surface area contributed by atoms with Crippen LogP contribution in [-0.2, 0) is 7.05 Å². The molecule has 0 spiro atoms. The Labute approximate surface area is 187 Å². The number of nitrogens with zero attached hydrogens (tertiary/aromatic N) is 4. The van der Waals surface area contributed by atoms with Gasteiger partial charge in [-0.2, -0.15) is 0 Å². The third-order valence-electron chi connectivity index (χ3n) is 5.25. The summed E-state index contributed by atoms with van der Waals surface area (Å²) in [5.41, 5.74) is 1.03. The highest BCUT2D eigenvalue weighted by molar-refractivity contribution is 5.96. The van der Waals surface area contributed by atoms with Crippen molar-refractivity contribution in [3.8, 4) is 17.4 Å². The number of ether oxygens (including phenoxy) is 3. The molecule has 1 aromatic heterocycles. The van der Waals surface area contributed by atoms with E-state index in [9.17, 15) is 9.59 Å². The smallest absolute Gasteiger partial charge is 0.319 e. The summed E-state index contributed by atoms with van der Waals surface area (Å²) < 4.78 is 17.2. The van der Waals surface area contributed by atoms with Crippen LogP contribution < -0.4 is 24.8 Å². The van der Waals surface area contributed by atoms with Crippen LogP contribution in [0.4, 0.5) is 10.5 Å². The van der Waals surface area contributed by atoms with Crippen LogP contribution in [0.25, 0.3) is 0 Å². The summed E-state index contributed by atoms with van der Waals surface area (Å²) >= 11 is 0. The molecule has 2 heterocycles. The molecule has 1 aliphatic heterocycles. The molecule has 2 N–H and O–H groups in total. The maximum Gasteiger partial charge on any atom is 0.319 e. The SMILES string of the molecule is COc1ccc(NC(=O)NCCN2CCN(C(=O)c3cn(C)nc3OC)CC2)c(OC)c1. The number of aryl methyl sites for hydroxylation is 1. The molecule has 0 bridgehead atoms. The van der Waals surface area contributed by atoms with Gasteiger partial charge in [0.05, 0.1) is 27.0 Å². The number of urea groups is 1. The molecule has 2 aromatic rings. The Balaban J connectivity index is 1.41. The highest BCUT2D eigenvalue weighted by Gasteiger charge is 2.26. The van der Waals surface area contributed by atoms with E-state index < -0.39 is 0 Å². The van der Waals surface area contributed by atoms with Crippen LogP contribution in [0, 0.1) is 0 Å². The molecule has 0 radical (unpaired) electrons. The van der Waals surface area contributed by atoms with Crippen molar-refractivity contribution in [3.05, 3.63) is 30.0 Å². The molecule has 1 aliphatic rings. The van der Waals surface area contributed by atoms with Crippen LogP contribution >= 0.6 is 0 Å². The van der Waals surface area contributed by atoms with Crippen molar-refractivity contribution in [1.82, 2.24) is 24.9 Å². The first-order valence-electron chi connectivity index (χ1n) is 10.3. The van der Waals surface area contributed by atoms with E-state index in [4.69, 9.17) is 14.2 Å². The van der Waals surface area contributed by atoms with E-state index in [2.05, 4.69) is 20.6 Å². The zero-order chi connectivity index (χ0) is 23.1. The number of carbonyl (C=O) groups excluding carboxylic acids is 2. The summed E-state index contributed by atoms with van der Waals surface area (Å²) in [7, 11) is 6.36. The number of methoxy groups -OCH3 is 3. The fraction of sp³-hybridized carbons (Fsp3) is 0.476. The Hall–Kier alpha value is -3.47. The van der Waals surface area contributed by atoms with E-state index in [1.54, 1.807) is 48.1 Å². The lowest BCUT2D eigenvalue weighted by Crippen LogP contribution is -2.50. The predicted molar refractivity (Wildman–Crippen MR) is 119 cm³/mol. The summed E-state index contributed by atoms with van der Waals surface area (Å²) in [6.07, 6.45) is 1.67. The van der Waals surface area contributed by atoms with Crippen LogP contribution in [0.1, 0.15) is 10.4 Å². The summed E-state index contributed by atoms with van der Waals surface area (Å²) in [6, 6.07) is 4.87. The van der Waals surface area contributed by atoms with Crippen molar-refractivity contribution in [2.75, 3.05) is 65.9 Å². The van der Waals surface area contributed by atoms with Gasteiger partial charge in [-0.25, -0.2) is 4.79 Å². The maximum absolute atomic E-state index is 12.8. The Morgan fingerprint density at radius 1 is 1.06 bits per heavy atom. The number of anilines is 1. The van der Waals surface area contributed by atoms with Gasteiger partial charge in [-0.1, -0.05) is 0 Å². The first-order chi connectivity index (χ1) is 15.4. The molecular weight excluding hydrogens is 416 g/mol. The van der Waals surface area contributed by atoms with E-state index in [1.165, 1.54) is 14.2 Å². The third-order valence-corrected chi connectivity index (χ3v) is 5.25. The lowest BCUT2D eigenvalue weighted by molar-refractivity contribution is 0.0636. The summed E-state index contributed by atoms with van der Waals surface area (Å²) in [4.78, 5) is 29.0. The summed E-state index contributed by atoms with van der Waals surface area (Å²) in [5.74, 6) is 1.42. The molecule has 0 atom stereocenters. The van der Waals surface area contributed by atoms with Gasteiger partial charge in [-0.15, -0.1) is 5.10 Å². The average molecular weight is 447 g/mol. The van der Waals surface area contributed by atoms with E-state index >= 15 is 0 Å². The van der Waals surface area contributed by atoms with Gasteiger partial charge in [0.2, 0.25) is 5.88 Å². The molecular formula is C21H30N6O5. The van der Waals surface area contributed by atoms with Gasteiger partial charge in [-0.05, 0) is 12.1 Å². The molecule has 3 rings (SSSR count). The second-order valence-electron chi connectivity index (χ2n) is 7.31. The molecule has 32 heavy (non-hydrogen) atoms. The van der Waals surface area contributed by atoms with Crippen molar-refractivity contribution >= 4 is 17.6 Å². The lowest BCUT2D eigenvalue weighted by atomic mass is 10.2. The average Bonchev–Trinajstić information content (AvgIpc) is 3.20. The van der Waals surface area contributed by atoms with E-state index in [0.29, 0.717) is 54.8 Å². The van der Waals surface area contributed by atoms with Crippen molar-refractivity contribution in [2.45, 2.75) is 0 Å². The highest BCUT2D eigenvalue weighted by Crippen LogP contribution is 2.28. The second-order valence-corrected chi connectivity index (χ2v) is 7.31. The fourth-order valence-corrected chi connectivity index (χ4v) is 3.51. The van der Waals surface area contributed by atoms with E-state index in [-0.39, 0.29) is 11.9 Å². The molecule has 11 nitrogen and oxygen atoms in total. The molecule has 0 unspecified atom stereocenters. The predicted octanol–water partition coefficient (Wildman–Crippen LogP) is 1.03. The van der Waals surface area contributed by atoms with Crippen molar-refractivity contribution < 1.29 is 23.8 Å². The number of hydrogen-bond acceptors (Lipinski definition) is 7. The van der Waals surface area contributed by atoms with Gasteiger partial charge < -0.3 is 29.7 Å². The first-order valence-corrected chi connectivity index (χ1v) is 10.3. The molecule has 0 aliphatic carbocycles. The fourth-order valence-electron chi connectivity index (χ4n) is 3.51. The minimum absolute atomic E-state index is 0.0828. The number of benzene rings is 1. The Morgan fingerprint density at radius 2 is 1.81 bits per heavy atom. The van der Waals surface area contributed by atoms with Gasteiger partial charge in [0.25, 0.3) is 5.91 Å². The van der Waals surface area contributed by atoms with Gasteiger partial charge in [0, 0.05) is 58.6 Å². The van der Waals surface area contributed by atoms with Gasteiger partial charge >= 0.3 is 6.03 Å². The van der Waals surface area contributed by atoms with Crippen LogP contribution in [0.15, 0.2) is 24.4 Å². The van der Waals surface area contributed by atoms with Crippen LogP contribution in [-0.4, -0.2) is 92.1 Å². The Bertz CT molecular complexity index is 939. The summed E-state index contributed by atoms with van der Waals surface area (Å²) in [5, 5.41) is 9.77. The topological polar surface area (TPSA) is 110 Å². The van der Waals surface area contributed by atoms with Crippen LogP contribution in [0.3, 0.4) is 0 Å². The molecule has 1 aromatic carbocycles. The first kappa shape index (κ1) is 23.2. The molecule has 3 amide bonds. The molecule has 1 fully saturated rings. The van der Waals surface area contributed by atoms with Crippen LogP contribution in [0.5, 0.6) is 17.4 Å². The van der Waals surface area contributed by atoms with E-state index in [0.717, 1.165) is 13.1 Å². The van der Waals surface area contributed by atoms with Gasteiger partial charge in [0.15, 0.2) is 0 Å². The van der Waals surface area contributed by atoms with Crippen LogP contribution in [0.2, 0.25) is 0 Å². The van der Waals surface area contributed by atoms with Crippen molar-refractivity contribution in [2.24, 2.45) is 7.05 Å². The van der Waals surface area contributed by atoms with Gasteiger partial charge in [-0.3, -0.25) is 14.4 Å². The largest absolute Gasteiger partial charge is 0.497 e. The minimum Gasteiger partial charge on any atom is -0.497 e. The number of carbonyl (C=O) groups is 2. The molecule has 1 saturated heterocycles. The van der Waals surface area contributed by atoms with Crippen molar-refractivity contribution in [3.63, 3.8) is 0 Å². The Morgan fingerprint density at radius 3 is 2.47 bits per heavy atom. The monoisotopic (exact) mass is 446 g/mol. The lowest BCUT2D eigenvalue weighted by Gasteiger charge is -2.34. The number of amides is 3. The normalized spacial score (nSPS) is 14.1. The highest BCUT2D eigenvalue weighted by atomic mass is 16.5. The molecule has 0 saturated carbocycles. The number of nitrogens with one attached hydrogen (secondary N) is 2. The standard InChI is InChI=1S/C21H30N6O5/c1-25-14-16(19(24-25)32-4)20(28)27-11-9-26(10-12-27)8-7-22-21(29)23-17-6-5-15(30-2)13-18(17)31-3/h5-6,13-14H,7-12H2,1-4H3,(H2,22,23,29). The zero-order valence-electron chi connectivity index (χ0n) is 18.9. The number of aromatic nitrogens is 2. The second kappa shape index (κ2) is 10.7. The number of hydrogen-bond donors (Lipinski definition) is 2. The molecule has 174 valence electrons. The number of rotatable bonds is 8. The van der Waals surface area contributed by atoms with E-state index in [1.807, 2.05) is 0 Å². The maximum atomic E-state index is 12.8. The zero-order valence-corrected chi connectivity index (χ0v) is 18.9. The summed E-state index contributed by atoms with van der Waals surface area (Å²) in [6.45, 7) is 3.83.